The van der Waals surface area contributed by atoms with Crippen LogP contribution in [0.2, 0.25) is 0 Å². The summed E-state index contributed by atoms with van der Waals surface area (Å²) in [4.78, 5) is 14.0. The van der Waals surface area contributed by atoms with Gasteiger partial charge in [-0.1, -0.05) is 12.1 Å². The third-order valence-corrected chi connectivity index (χ3v) is 6.77. The fourth-order valence-electron chi connectivity index (χ4n) is 3.19. The molecular weight excluding hydrogens is 421 g/mol. The van der Waals surface area contributed by atoms with Crippen LogP contribution in [0.15, 0.2) is 53.4 Å². The molecule has 0 bridgehead atoms. The van der Waals surface area contributed by atoms with Crippen molar-refractivity contribution in [1.82, 2.24) is 9.21 Å². The molecule has 1 saturated heterocycles. The number of carbonyl (C=O) groups is 1. The summed E-state index contributed by atoms with van der Waals surface area (Å²) in [6.07, 6.45) is -4.53. The molecule has 0 aromatic heterocycles. The molecule has 0 atom stereocenters. The van der Waals surface area contributed by atoms with E-state index in [0.717, 1.165) is 29.8 Å². The molecule has 1 aliphatic heterocycles. The van der Waals surface area contributed by atoms with Crippen molar-refractivity contribution in [2.24, 2.45) is 0 Å². The van der Waals surface area contributed by atoms with Gasteiger partial charge in [-0.2, -0.15) is 17.5 Å². The van der Waals surface area contributed by atoms with Gasteiger partial charge in [0.1, 0.15) is 0 Å². The number of amides is 1. The molecule has 0 saturated carbocycles. The maximum Gasteiger partial charge on any atom is 0.416 e. The van der Waals surface area contributed by atoms with Crippen molar-refractivity contribution in [3.05, 3.63) is 65.2 Å². The van der Waals surface area contributed by atoms with E-state index in [-0.39, 0.29) is 37.0 Å². The molecule has 1 amide bonds. The second-order valence-electron chi connectivity index (χ2n) is 6.85. The largest absolute Gasteiger partial charge is 0.416 e. The van der Waals surface area contributed by atoms with Crippen LogP contribution in [0.5, 0.6) is 0 Å². The molecular formula is C20H21F3N2O4S. The summed E-state index contributed by atoms with van der Waals surface area (Å²) >= 11 is 0. The van der Waals surface area contributed by atoms with Crippen LogP contribution in [-0.4, -0.2) is 56.8 Å². The van der Waals surface area contributed by atoms with Gasteiger partial charge in [-0.25, -0.2) is 8.42 Å². The van der Waals surface area contributed by atoms with Crippen molar-refractivity contribution in [3.63, 3.8) is 0 Å². The van der Waals surface area contributed by atoms with Gasteiger partial charge in [-0.3, -0.25) is 4.79 Å². The zero-order chi connectivity index (χ0) is 21.9. The Bertz CT molecular complexity index is 982. The zero-order valence-corrected chi connectivity index (χ0v) is 17.0. The number of rotatable bonds is 5. The minimum absolute atomic E-state index is 0.0663. The first-order valence-corrected chi connectivity index (χ1v) is 10.6. The average Bonchev–Trinajstić information content (AvgIpc) is 2.73. The van der Waals surface area contributed by atoms with E-state index in [1.165, 1.54) is 4.31 Å². The first-order valence-electron chi connectivity index (χ1n) is 9.17. The summed E-state index contributed by atoms with van der Waals surface area (Å²) < 4.78 is 69.7. The molecule has 1 heterocycles. The highest BCUT2D eigenvalue weighted by molar-refractivity contribution is 7.89. The van der Waals surface area contributed by atoms with Crippen molar-refractivity contribution in [2.75, 3.05) is 33.3 Å². The second-order valence-corrected chi connectivity index (χ2v) is 8.79. The van der Waals surface area contributed by atoms with E-state index in [4.69, 9.17) is 4.74 Å². The number of sulfonamides is 1. The number of benzene rings is 2. The lowest BCUT2D eigenvalue weighted by Gasteiger charge is -2.34. The van der Waals surface area contributed by atoms with E-state index in [1.54, 1.807) is 36.3 Å². The van der Waals surface area contributed by atoms with Crippen molar-refractivity contribution < 1.29 is 31.1 Å². The Morgan fingerprint density at radius 2 is 1.53 bits per heavy atom. The van der Waals surface area contributed by atoms with E-state index in [1.807, 2.05) is 0 Å². The van der Waals surface area contributed by atoms with Crippen molar-refractivity contribution in [1.29, 1.82) is 0 Å². The first kappa shape index (κ1) is 22.3. The summed E-state index contributed by atoms with van der Waals surface area (Å²) in [6.45, 7) is 0.958. The molecule has 10 heteroatoms. The van der Waals surface area contributed by atoms with Gasteiger partial charge in [0.05, 0.1) is 17.1 Å². The zero-order valence-electron chi connectivity index (χ0n) is 16.2. The third kappa shape index (κ3) is 4.82. The Hall–Kier alpha value is -2.43. The molecule has 3 rings (SSSR count). The Labute approximate surface area is 172 Å². The number of hydrogen-bond donors (Lipinski definition) is 0. The summed E-state index contributed by atoms with van der Waals surface area (Å²) in [6, 6.07) is 10.4. The first-order chi connectivity index (χ1) is 14.1. The van der Waals surface area contributed by atoms with Crippen LogP contribution in [0.4, 0.5) is 13.2 Å². The van der Waals surface area contributed by atoms with Crippen LogP contribution in [-0.2, 0) is 27.5 Å². The quantitative estimate of drug-likeness (QED) is 0.714. The van der Waals surface area contributed by atoms with Crippen LogP contribution in [0.25, 0.3) is 0 Å². The molecule has 2 aromatic carbocycles. The van der Waals surface area contributed by atoms with Crippen molar-refractivity contribution >= 4 is 15.9 Å². The van der Waals surface area contributed by atoms with Crippen LogP contribution >= 0.6 is 0 Å². The molecule has 0 radical (unpaired) electrons. The van der Waals surface area contributed by atoms with E-state index in [0.29, 0.717) is 12.2 Å². The number of nitrogens with zero attached hydrogens (tertiary/aromatic N) is 2. The van der Waals surface area contributed by atoms with Crippen LogP contribution in [0, 0.1) is 0 Å². The minimum atomic E-state index is -4.53. The number of alkyl halides is 3. The van der Waals surface area contributed by atoms with Crippen LogP contribution < -0.4 is 0 Å². The Morgan fingerprint density at radius 1 is 0.967 bits per heavy atom. The Balaban J connectivity index is 1.64. The summed E-state index contributed by atoms with van der Waals surface area (Å²) in [5, 5.41) is 0. The highest BCUT2D eigenvalue weighted by Crippen LogP contribution is 2.30. The molecule has 0 aliphatic carbocycles. The molecule has 162 valence electrons. The van der Waals surface area contributed by atoms with E-state index in [9.17, 15) is 26.4 Å². The fraction of sp³-hybridized carbons (Fsp3) is 0.350. The molecule has 0 spiro atoms. The molecule has 0 unspecified atom stereocenters. The normalized spacial score (nSPS) is 15.9. The maximum absolute atomic E-state index is 12.7. The SMILES string of the molecule is COCc1ccc(C(=O)N2CCN(S(=O)(=O)c3ccc(C(F)(F)F)cc3)CC2)cc1. The molecule has 6 nitrogen and oxygen atoms in total. The lowest BCUT2D eigenvalue weighted by Crippen LogP contribution is -2.50. The average molecular weight is 442 g/mol. The van der Waals surface area contributed by atoms with E-state index in [2.05, 4.69) is 0 Å². The molecule has 30 heavy (non-hydrogen) atoms. The van der Waals surface area contributed by atoms with E-state index >= 15 is 0 Å². The molecule has 2 aromatic rings. The minimum Gasteiger partial charge on any atom is -0.380 e. The smallest absolute Gasteiger partial charge is 0.380 e. The maximum atomic E-state index is 12.7. The number of halogens is 3. The summed E-state index contributed by atoms with van der Waals surface area (Å²) in [5.74, 6) is -0.203. The highest BCUT2D eigenvalue weighted by atomic mass is 32.2. The highest BCUT2D eigenvalue weighted by Gasteiger charge is 2.33. The summed E-state index contributed by atoms with van der Waals surface area (Å²) in [7, 11) is -2.36. The number of carbonyl (C=O) groups excluding carboxylic acids is 1. The number of methoxy groups -OCH3 is 1. The monoisotopic (exact) mass is 442 g/mol. The fourth-order valence-corrected chi connectivity index (χ4v) is 4.61. The Kier molecular flexibility index (Phi) is 6.49. The van der Waals surface area contributed by atoms with Gasteiger partial charge in [0.2, 0.25) is 10.0 Å². The van der Waals surface area contributed by atoms with Gasteiger partial charge in [-0.05, 0) is 42.0 Å². The Morgan fingerprint density at radius 3 is 2.03 bits per heavy atom. The lowest BCUT2D eigenvalue weighted by molar-refractivity contribution is -0.137. The second kappa shape index (κ2) is 8.75. The predicted molar refractivity (Wildman–Crippen MR) is 103 cm³/mol. The predicted octanol–water partition coefficient (Wildman–Crippen LogP) is 3.00. The molecule has 1 aliphatic rings. The van der Waals surface area contributed by atoms with E-state index < -0.39 is 21.8 Å². The molecule has 0 N–H and O–H groups in total. The van der Waals surface area contributed by atoms with Gasteiger partial charge in [0, 0.05) is 38.9 Å². The van der Waals surface area contributed by atoms with Gasteiger partial charge in [0.15, 0.2) is 0 Å². The van der Waals surface area contributed by atoms with Gasteiger partial charge >= 0.3 is 6.18 Å². The molecule has 1 fully saturated rings. The van der Waals surface area contributed by atoms with Gasteiger partial charge in [-0.15, -0.1) is 0 Å². The summed E-state index contributed by atoms with van der Waals surface area (Å²) in [5.41, 5.74) is 0.517. The standard InChI is InChI=1S/C20H21F3N2O4S/c1-29-14-15-2-4-16(5-3-15)19(26)24-10-12-25(13-11-24)30(27,28)18-8-6-17(7-9-18)20(21,22)23/h2-9H,10-14H2,1H3. The van der Waals surface area contributed by atoms with Gasteiger partial charge < -0.3 is 9.64 Å². The van der Waals surface area contributed by atoms with Crippen molar-refractivity contribution in [2.45, 2.75) is 17.7 Å². The van der Waals surface area contributed by atoms with Crippen LogP contribution in [0.1, 0.15) is 21.5 Å². The van der Waals surface area contributed by atoms with Crippen LogP contribution in [0.3, 0.4) is 0 Å². The topological polar surface area (TPSA) is 66.9 Å². The third-order valence-electron chi connectivity index (χ3n) is 4.86. The number of hydrogen-bond acceptors (Lipinski definition) is 4. The van der Waals surface area contributed by atoms with Crippen molar-refractivity contribution in [3.8, 4) is 0 Å². The van der Waals surface area contributed by atoms with Gasteiger partial charge in [0.25, 0.3) is 5.91 Å². The lowest BCUT2D eigenvalue weighted by atomic mass is 10.1. The number of piperazine rings is 1. The number of ether oxygens (including phenoxy) is 1.